The van der Waals surface area contributed by atoms with E-state index >= 15 is 0 Å². The van der Waals surface area contributed by atoms with Crippen molar-refractivity contribution in [3.63, 3.8) is 0 Å². The first kappa shape index (κ1) is 21.3. The molecule has 1 aromatic heterocycles. The number of nitrogens with zero attached hydrogens (tertiary/aromatic N) is 3. The summed E-state index contributed by atoms with van der Waals surface area (Å²) in [7, 11) is 1.32. The minimum atomic E-state index is -1.03. The standard InChI is InChI=1S/C23H21N3O6/c1-3-25-11-14(8-13-9-18(26(30)31)22(27)19(10-13)32-2)21-16(12-25)20(23(28)29)15-6-4-5-7-17(15)24-21/h4-10,27H,3,11-12H2,1-2H3,(H,28,29). The molecule has 1 aliphatic rings. The molecule has 2 aromatic carbocycles. The van der Waals surface area contributed by atoms with Crippen molar-refractivity contribution in [2.75, 3.05) is 20.2 Å². The van der Waals surface area contributed by atoms with Gasteiger partial charge in [0, 0.05) is 30.1 Å². The van der Waals surface area contributed by atoms with Crippen LogP contribution in [0.15, 0.2) is 36.4 Å². The van der Waals surface area contributed by atoms with Gasteiger partial charge in [0.2, 0.25) is 5.75 Å². The van der Waals surface area contributed by atoms with Crippen molar-refractivity contribution in [2.24, 2.45) is 0 Å². The van der Waals surface area contributed by atoms with Crippen LogP contribution in [-0.2, 0) is 6.54 Å². The Balaban J connectivity index is 1.98. The molecule has 4 rings (SSSR count). The predicted molar refractivity (Wildman–Crippen MR) is 119 cm³/mol. The molecule has 0 unspecified atom stereocenters. The number of likely N-dealkylation sites (N-methyl/N-ethyl adjacent to an activating group) is 1. The third-order valence-electron chi connectivity index (χ3n) is 5.57. The highest BCUT2D eigenvalue weighted by molar-refractivity contribution is 6.06. The Bertz CT molecular complexity index is 1280. The average molecular weight is 435 g/mol. The first-order valence-corrected chi connectivity index (χ1v) is 9.97. The number of aromatic nitrogens is 1. The van der Waals surface area contributed by atoms with Gasteiger partial charge in [0.15, 0.2) is 5.75 Å². The molecule has 3 aromatic rings. The normalized spacial score (nSPS) is 15.0. The Kier molecular flexibility index (Phi) is 5.50. The second-order valence-corrected chi connectivity index (χ2v) is 7.46. The number of carboxylic acid groups (broad SMARTS) is 1. The van der Waals surface area contributed by atoms with Gasteiger partial charge in [-0.1, -0.05) is 25.1 Å². The highest BCUT2D eigenvalue weighted by Gasteiger charge is 2.28. The first-order valence-electron chi connectivity index (χ1n) is 9.97. The lowest BCUT2D eigenvalue weighted by atomic mass is 9.92. The number of rotatable bonds is 5. The van der Waals surface area contributed by atoms with Gasteiger partial charge in [0.1, 0.15) is 0 Å². The highest BCUT2D eigenvalue weighted by atomic mass is 16.6. The smallest absolute Gasteiger partial charge is 0.336 e. The van der Waals surface area contributed by atoms with E-state index in [1.807, 2.05) is 6.92 Å². The van der Waals surface area contributed by atoms with Gasteiger partial charge in [-0.3, -0.25) is 15.0 Å². The number of aromatic hydroxyl groups is 1. The zero-order chi connectivity index (χ0) is 23.0. The van der Waals surface area contributed by atoms with Gasteiger partial charge in [-0.25, -0.2) is 9.78 Å². The average Bonchev–Trinajstić information content (AvgIpc) is 2.77. The fraction of sp³-hybridized carbons (Fsp3) is 0.217. The van der Waals surface area contributed by atoms with E-state index in [1.165, 1.54) is 19.2 Å². The van der Waals surface area contributed by atoms with E-state index in [2.05, 4.69) is 4.90 Å². The van der Waals surface area contributed by atoms with Crippen molar-refractivity contribution in [3.05, 3.63) is 68.9 Å². The summed E-state index contributed by atoms with van der Waals surface area (Å²) < 4.78 is 5.10. The van der Waals surface area contributed by atoms with Crippen LogP contribution in [0.5, 0.6) is 11.5 Å². The van der Waals surface area contributed by atoms with E-state index in [-0.39, 0.29) is 11.3 Å². The molecule has 1 aliphatic heterocycles. The Labute approximate surface area is 183 Å². The van der Waals surface area contributed by atoms with Crippen LogP contribution in [0.25, 0.3) is 22.6 Å². The molecular formula is C23H21N3O6. The number of pyridine rings is 1. The molecule has 0 saturated heterocycles. The number of benzene rings is 2. The van der Waals surface area contributed by atoms with Gasteiger partial charge in [-0.05, 0) is 35.9 Å². The maximum Gasteiger partial charge on any atom is 0.336 e. The summed E-state index contributed by atoms with van der Waals surface area (Å²) in [6.07, 6.45) is 1.73. The topological polar surface area (TPSA) is 126 Å². The molecule has 0 amide bonds. The summed E-state index contributed by atoms with van der Waals surface area (Å²) in [5.74, 6) is -1.60. The van der Waals surface area contributed by atoms with Crippen LogP contribution >= 0.6 is 0 Å². The van der Waals surface area contributed by atoms with Crippen molar-refractivity contribution < 1.29 is 24.7 Å². The maximum absolute atomic E-state index is 12.2. The van der Waals surface area contributed by atoms with Crippen LogP contribution in [0.4, 0.5) is 5.69 Å². The third kappa shape index (κ3) is 3.63. The number of ether oxygens (including phenoxy) is 1. The number of nitro benzene ring substituents is 1. The SMILES string of the molecule is CCN1CC(=Cc2cc(OC)c(O)c([N+](=O)[O-])c2)c2nc3ccccc3c(C(=O)O)c2C1. The molecule has 0 saturated carbocycles. The second kappa shape index (κ2) is 8.27. The molecule has 0 radical (unpaired) electrons. The third-order valence-corrected chi connectivity index (χ3v) is 5.57. The summed E-state index contributed by atoms with van der Waals surface area (Å²) in [6, 6.07) is 9.84. The van der Waals surface area contributed by atoms with Crippen LogP contribution in [0.1, 0.15) is 34.1 Å². The van der Waals surface area contributed by atoms with Crippen LogP contribution < -0.4 is 4.74 Å². The number of carboxylic acids is 1. The van der Waals surface area contributed by atoms with Gasteiger partial charge in [-0.2, -0.15) is 0 Å². The van der Waals surface area contributed by atoms with E-state index in [0.717, 1.165) is 5.57 Å². The fourth-order valence-corrected chi connectivity index (χ4v) is 4.04. The van der Waals surface area contributed by atoms with Crippen LogP contribution in [0.2, 0.25) is 0 Å². The molecule has 2 heterocycles. The zero-order valence-electron chi connectivity index (χ0n) is 17.5. The van der Waals surface area contributed by atoms with Crippen molar-refractivity contribution in [3.8, 4) is 11.5 Å². The molecule has 0 aliphatic carbocycles. The van der Waals surface area contributed by atoms with E-state index < -0.39 is 22.3 Å². The van der Waals surface area contributed by atoms with Gasteiger partial charge in [-0.15, -0.1) is 0 Å². The van der Waals surface area contributed by atoms with E-state index in [1.54, 1.807) is 30.3 Å². The fourth-order valence-electron chi connectivity index (χ4n) is 4.04. The number of hydrogen-bond acceptors (Lipinski definition) is 7. The Morgan fingerprint density at radius 3 is 2.72 bits per heavy atom. The molecule has 0 spiro atoms. The lowest BCUT2D eigenvalue weighted by Gasteiger charge is -2.30. The van der Waals surface area contributed by atoms with Crippen LogP contribution in [0, 0.1) is 10.1 Å². The van der Waals surface area contributed by atoms with Crippen molar-refractivity contribution in [2.45, 2.75) is 13.5 Å². The lowest BCUT2D eigenvalue weighted by Crippen LogP contribution is -2.31. The van der Waals surface area contributed by atoms with Crippen molar-refractivity contribution in [1.29, 1.82) is 0 Å². The second-order valence-electron chi connectivity index (χ2n) is 7.46. The van der Waals surface area contributed by atoms with Crippen LogP contribution in [-0.4, -0.2) is 51.2 Å². The number of hydrogen-bond donors (Lipinski definition) is 2. The van der Waals surface area contributed by atoms with Crippen molar-refractivity contribution >= 4 is 34.2 Å². The summed E-state index contributed by atoms with van der Waals surface area (Å²) in [6.45, 7) is 3.58. The maximum atomic E-state index is 12.2. The molecular weight excluding hydrogens is 414 g/mol. The molecule has 0 atom stereocenters. The number of para-hydroxylation sites is 1. The minimum Gasteiger partial charge on any atom is -0.500 e. The highest BCUT2D eigenvalue weighted by Crippen LogP contribution is 2.39. The first-order chi connectivity index (χ1) is 15.3. The molecule has 9 heteroatoms. The molecule has 164 valence electrons. The number of phenolic OH excluding ortho intramolecular Hbond substituents is 1. The summed E-state index contributed by atoms with van der Waals surface area (Å²) in [4.78, 5) is 29.7. The minimum absolute atomic E-state index is 0.0212. The number of fused-ring (bicyclic) bond motifs is 2. The number of aromatic carboxylic acids is 1. The summed E-state index contributed by atoms with van der Waals surface area (Å²) >= 11 is 0. The lowest BCUT2D eigenvalue weighted by molar-refractivity contribution is -0.386. The molecule has 32 heavy (non-hydrogen) atoms. The van der Waals surface area contributed by atoms with Crippen LogP contribution in [0.3, 0.4) is 0 Å². The quantitative estimate of drug-likeness (QED) is 0.456. The number of methoxy groups -OCH3 is 1. The summed E-state index contributed by atoms with van der Waals surface area (Å²) in [5, 5.41) is 32.0. The zero-order valence-corrected chi connectivity index (χ0v) is 17.5. The van der Waals surface area contributed by atoms with Crippen molar-refractivity contribution in [1.82, 2.24) is 9.88 Å². The molecule has 0 bridgehead atoms. The number of phenols is 1. The van der Waals surface area contributed by atoms with E-state index in [0.29, 0.717) is 47.4 Å². The largest absolute Gasteiger partial charge is 0.500 e. The van der Waals surface area contributed by atoms with Gasteiger partial charge >= 0.3 is 11.7 Å². The Hall–Kier alpha value is -3.98. The number of carbonyl (C=O) groups is 1. The molecule has 0 fully saturated rings. The molecule has 2 N–H and O–H groups in total. The molecule has 9 nitrogen and oxygen atoms in total. The Morgan fingerprint density at radius 2 is 2.06 bits per heavy atom. The monoisotopic (exact) mass is 435 g/mol. The van der Waals surface area contributed by atoms with Gasteiger partial charge in [0.05, 0.1) is 28.8 Å². The predicted octanol–water partition coefficient (Wildman–Crippen LogP) is 3.93. The Morgan fingerprint density at radius 1 is 1.31 bits per heavy atom. The van der Waals surface area contributed by atoms with Gasteiger partial charge < -0.3 is 14.9 Å². The van der Waals surface area contributed by atoms with Gasteiger partial charge in [0.25, 0.3) is 0 Å². The number of nitro groups is 1. The summed E-state index contributed by atoms with van der Waals surface area (Å²) in [5.41, 5.74) is 2.63. The van der Waals surface area contributed by atoms with E-state index in [4.69, 9.17) is 9.72 Å². The van der Waals surface area contributed by atoms with E-state index in [9.17, 15) is 25.1 Å².